The molecule has 3 heteroatoms. The largest absolute Gasteiger partial charge is 0.386 e. The van der Waals surface area contributed by atoms with Gasteiger partial charge in [0.15, 0.2) is 0 Å². The summed E-state index contributed by atoms with van der Waals surface area (Å²) in [6, 6.07) is 4.82. The van der Waals surface area contributed by atoms with Gasteiger partial charge in [-0.2, -0.15) is 0 Å². The quantitative estimate of drug-likeness (QED) is 0.828. The normalized spacial score (nSPS) is 19.1. The third kappa shape index (κ3) is 3.06. The topological polar surface area (TPSA) is 32.3 Å². The minimum atomic E-state index is -0.328. The molecular weight excluding hydrogens is 218 g/mol. The molecule has 1 aliphatic rings. The van der Waals surface area contributed by atoms with Crippen molar-refractivity contribution in [2.75, 3.05) is 6.54 Å². The monoisotopic (exact) mass is 239 g/mol. The first-order valence-corrected chi connectivity index (χ1v) is 7.11. The molecule has 0 aromatic carbocycles. The van der Waals surface area contributed by atoms with E-state index in [9.17, 15) is 5.11 Å². The number of rotatable bonds is 5. The number of thiophene rings is 1. The van der Waals surface area contributed by atoms with E-state index in [4.69, 9.17) is 0 Å². The van der Waals surface area contributed by atoms with Crippen LogP contribution in [0.5, 0.6) is 0 Å². The van der Waals surface area contributed by atoms with E-state index in [-0.39, 0.29) is 6.10 Å². The van der Waals surface area contributed by atoms with Crippen molar-refractivity contribution in [2.24, 2.45) is 0 Å². The van der Waals surface area contributed by atoms with Crippen molar-refractivity contribution in [2.45, 2.75) is 51.2 Å². The number of hydrogen-bond donors (Lipinski definition) is 2. The van der Waals surface area contributed by atoms with E-state index in [1.54, 1.807) is 11.3 Å². The lowest BCUT2D eigenvalue weighted by molar-refractivity contribution is 0.173. The number of aliphatic hydroxyl groups excluding tert-OH is 1. The van der Waals surface area contributed by atoms with Gasteiger partial charge >= 0.3 is 0 Å². The molecule has 1 fully saturated rings. The van der Waals surface area contributed by atoms with Crippen LogP contribution < -0.4 is 5.32 Å². The van der Waals surface area contributed by atoms with E-state index in [1.165, 1.54) is 30.6 Å². The molecule has 2 N–H and O–H groups in total. The molecule has 1 unspecified atom stereocenters. The van der Waals surface area contributed by atoms with Gasteiger partial charge in [-0.05, 0) is 31.4 Å². The fourth-order valence-corrected chi connectivity index (χ4v) is 3.21. The zero-order valence-corrected chi connectivity index (χ0v) is 10.7. The van der Waals surface area contributed by atoms with Crippen LogP contribution in [-0.2, 0) is 6.42 Å². The second-order valence-electron chi connectivity index (χ2n) is 4.56. The van der Waals surface area contributed by atoms with Crippen LogP contribution >= 0.6 is 11.3 Å². The lowest BCUT2D eigenvalue weighted by atomic mass is 10.2. The lowest BCUT2D eigenvalue weighted by Crippen LogP contribution is -2.30. The van der Waals surface area contributed by atoms with Crippen molar-refractivity contribution < 1.29 is 5.11 Å². The van der Waals surface area contributed by atoms with Gasteiger partial charge in [-0.1, -0.05) is 19.8 Å². The molecule has 0 amide bonds. The molecule has 16 heavy (non-hydrogen) atoms. The van der Waals surface area contributed by atoms with Gasteiger partial charge in [0.05, 0.1) is 0 Å². The van der Waals surface area contributed by atoms with Crippen molar-refractivity contribution in [3.63, 3.8) is 0 Å². The molecule has 2 rings (SSSR count). The highest BCUT2D eigenvalue weighted by Crippen LogP contribution is 2.24. The summed E-state index contributed by atoms with van der Waals surface area (Å²) in [5, 5.41) is 13.5. The molecule has 0 spiro atoms. The van der Waals surface area contributed by atoms with Crippen molar-refractivity contribution in [3.05, 3.63) is 21.9 Å². The van der Waals surface area contributed by atoms with Crippen LogP contribution in [0.2, 0.25) is 0 Å². The maximum atomic E-state index is 10.0. The van der Waals surface area contributed by atoms with Gasteiger partial charge in [0, 0.05) is 22.3 Å². The maximum Gasteiger partial charge on any atom is 0.101 e. The fraction of sp³-hybridized carbons (Fsp3) is 0.692. The Hall–Kier alpha value is -0.380. The molecule has 1 saturated carbocycles. The molecule has 1 aliphatic carbocycles. The summed E-state index contributed by atoms with van der Waals surface area (Å²) in [4.78, 5) is 2.46. The van der Waals surface area contributed by atoms with Crippen LogP contribution in [0.1, 0.15) is 48.5 Å². The lowest BCUT2D eigenvalue weighted by Gasteiger charge is -2.15. The molecule has 0 bridgehead atoms. The highest BCUT2D eigenvalue weighted by Gasteiger charge is 2.16. The van der Waals surface area contributed by atoms with Crippen molar-refractivity contribution in [1.29, 1.82) is 0 Å². The number of aliphatic hydroxyl groups is 1. The summed E-state index contributed by atoms with van der Waals surface area (Å²) in [6.07, 6.45) is 5.97. The minimum Gasteiger partial charge on any atom is -0.386 e. The van der Waals surface area contributed by atoms with E-state index in [2.05, 4.69) is 24.4 Å². The van der Waals surface area contributed by atoms with Gasteiger partial charge in [-0.25, -0.2) is 0 Å². The predicted octanol–water partition coefficient (Wildman–Crippen LogP) is 2.88. The van der Waals surface area contributed by atoms with Gasteiger partial charge in [0.1, 0.15) is 6.10 Å². The Bertz CT molecular complexity index is 317. The molecular formula is C13H21NOS. The van der Waals surface area contributed by atoms with Gasteiger partial charge in [0.2, 0.25) is 0 Å². The van der Waals surface area contributed by atoms with Crippen LogP contribution in [-0.4, -0.2) is 17.7 Å². The zero-order chi connectivity index (χ0) is 11.4. The molecule has 0 radical (unpaired) electrons. The number of nitrogens with one attached hydrogen (secondary N) is 1. The van der Waals surface area contributed by atoms with Crippen molar-refractivity contribution >= 4 is 11.3 Å². The fourth-order valence-electron chi connectivity index (χ4n) is 2.27. The molecule has 1 atom stereocenters. The first-order valence-electron chi connectivity index (χ1n) is 6.29. The Labute approximate surface area is 102 Å². The predicted molar refractivity (Wildman–Crippen MR) is 68.9 cm³/mol. The molecule has 1 heterocycles. The Morgan fingerprint density at radius 3 is 2.81 bits per heavy atom. The summed E-state index contributed by atoms with van der Waals surface area (Å²) in [6.45, 7) is 2.85. The highest BCUT2D eigenvalue weighted by atomic mass is 32.1. The van der Waals surface area contributed by atoms with E-state index < -0.39 is 0 Å². The first-order chi connectivity index (χ1) is 7.79. The minimum absolute atomic E-state index is 0.328. The maximum absolute atomic E-state index is 10.0. The average molecular weight is 239 g/mol. The third-order valence-corrected chi connectivity index (χ3v) is 4.65. The van der Waals surface area contributed by atoms with Crippen LogP contribution in [0.15, 0.2) is 12.1 Å². The zero-order valence-electron chi connectivity index (χ0n) is 9.91. The standard InChI is InChI=1S/C13H21NOS/c1-2-11-7-8-13(16-11)12(15)9-14-10-5-3-4-6-10/h7-8,10,12,14-15H,2-6,9H2,1H3. The third-order valence-electron chi connectivity index (χ3n) is 3.31. The average Bonchev–Trinajstić information content (AvgIpc) is 2.96. The molecule has 0 saturated heterocycles. The van der Waals surface area contributed by atoms with E-state index in [0.29, 0.717) is 12.6 Å². The van der Waals surface area contributed by atoms with Crippen LogP contribution in [0.3, 0.4) is 0 Å². The summed E-state index contributed by atoms with van der Waals surface area (Å²) in [5.74, 6) is 0. The van der Waals surface area contributed by atoms with Gasteiger partial charge in [-0.3, -0.25) is 0 Å². The van der Waals surface area contributed by atoms with Crippen LogP contribution in [0.25, 0.3) is 0 Å². The molecule has 1 aromatic rings. The Morgan fingerprint density at radius 1 is 1.44 bits per heavy atom. The molecule has 2 nitrogen and oxygen atoms in total. The molecule has 1 aromatic heterocycles. The number of hydrogen-bond acceptors (Lipinski definition) is 3. The second-order valence-corrected chi connectivity index (χ2v) is 5.76. The Morgan fingerprint density at radius 2 is 2.19 bits per heavy atom. The van der Waals surface area contributed by atoms with Crippen molar-refractivity contribution in [3.8, 4) is 0 Å². The number of aryl methyl sites for hydroxylation is 1. The van der Waals surface area contributed by atoms with Gasteiger partial charge < -0.3 is 10.4 Å². The SMILES string of the molecule is CCc1ccc(C(O)CNC2CCCC2)s1. The summed E-state index contributed by atoms with van der Waals surface area (Å²) >= 11 is 1.73. The van der Waals surface area contributed by atoms with Crippen LogP contribution in [0.4, 0.5) is 0 Å². The highest BCUT2D eigenvalue weighted by molar-refractivity contribution is 7.12. The van der Waals surface area contributed by atoms with Crippen LogP contribution in [0, 0.1) is 0 Å². The summed E-state index contributed by atoms with van der Waals surface area (Å²) in [7, 11) is 0. The molecule has 0 aliphatic heterocycles. The Balaban J connectivity index is 1.80. The second kappa shape index (κ2) is 5.80. The summed E-state index contributed by atoms with van der Waals surface area (Å²) < 4.78 is 0. The van der Waals surface area contributed by atoms with Crippen molar-refractivity contribution in [1.82, 2.24) is 5.32 Å². The first kappa shape index (κ1) is 12.1. The van der Waals surface area contributed by atoms with E-state index >= 15 is 0 Å². The van der Waals surface area contributed by atoms with E-state index in [0.717, 1.165) is 11.3 Å². The van der Waals surface area contributed by atoms with Gasteiger partial charge in [0.25, 0.3) is 0 Å². The molecule has 90 valence electrons. The van der Waals surface area contributed by atoms with E-state index in [1.807, 2.05) is 0 Å². The smallest absolute Gasteiger partial charge is 0.101 e. The van der Waals surface area contributed by atoms with Gasteiger partial charge in [-0.15, -0.1) is 11.3 Å². The summed E-state index contributed by atoms with van der Waals surface area (Å²) in [5.41, 5.74) is 0. The Kier molecular flexibility index (Phi) is 4.38.